The second kappa shape index (κ2) is 25.8. The average molecular weight is 653 g/mol. The summed E-state index contributed by atoms with van der Waals surface area (Å²) in [5, 5.41) is 8.43. The predicted molar refractivity (Wildman–Crippen MR) is 153 cm³/mol. The topological polar surface area (TPSA) is 189 Å². The van der Waals surface area contributed by atoms with Crippen molar-refractivity contribution >= 4 is 27.8 Å². The van der Waals surface area contributed by atoms with E-state index in [9.17, 15) is 22.8 Å². The van der Waals surface area contributed by atoms with E-state index in [1.54, 1.807) is 12.1 Å². The predicted octanol–water partition coefficient (Wildman–Crippen LogP) is 0.794. The van der Waals surface area contributed by atoms with Crippen LogP contribution >= 0.6 is 0 Å². The minimum absolute atomic E-state index is 0.00279. The SMILES string of the molecule is Cc1ccc(S(=O)(=O)OCCOCCOCCOCCOCCOCCOCCOCCOC(=O)CCC(=O)C(=O)O)cc1. The quantitative estimate of drug-likeness (QED) is 0.0531. The van der Waals surface area contributed by atoms with Crippen LogP contribution in [0.2, 0.25) is 0 Å². The first-order valence-electron chi connectivity index (χ1n) is 14.1. The molecular formula is C28H44O15S. The summed E-state index contributed by atoms with van der Waals surface area (Å²) in [6.07, 6.45) is -0.677. The smallest absolute Gasteiger partial charge is 0.372 e. The van der Waals surface area contributed by atoms with E-state index in [1.807, 2.05) is 6.92 Å². The molecule has 0 aromatic heterocycles. The molecule has 16 heteroatoms. The number of aryl methyl sites for hydroxylation is 1. The standard InChI is InChI=1S/C28H44O15S/c1-24-2-4-25(5-3-24)44(33,34)43-23-21-41-19-17-39-15-13-37-11-9-35-8-10-36-12-14-38-16-18-40-20-22-42-27(30)7-6-26(29)28(31)32/h2-5H,6-23H2,1H3,(H,31,32). The van der Waals surface area contributed by atoms with Crippen molar-refractivity contribution in [1.29, 1.82) is 0 Å². The fraction of sp³-hybridized carbons (Fsp3) is 0.679. The molecule has 252 valence electrons. The average Bonchev–Trinajstić information content (AvgIpc) is 2.99. The zero-order valence-corrected chi connectivity index (χ0v) is 25.9. The van der Waals surface area contributed by atoms with Crippen LogP contribution in [0.15, 0.2) is 29.2 Å². The maximum absolute atomic E-state index is 12.0. The largest absolute Gasteiger partial charge is 0.476 e. The Balaban J connectivity index is 1.74. The van der Waals surface area contributed by atoms with Gasteiger partial charge in [-0.3, -0.25) is 13.8 Å². The zero-order chi connectivity index (χ0) is 32.3. The molecule has 1 rings (SSSR count). The summed E-state index contributed by atoms with van der Waals surface area (Å²) >= 11 is 0. The molecule has 0 amide bonds. The van der Waals surface area contributed by atoms with Crippen LogP contribution in [-0.4, -0.2) is 137 Å². The zero-order valence-electron chi connectivity index (χ0n) is 25.1. The highest BCUT2D eigenvalue weighted by atomic mass is 32.2. The van der Waals surface area contributed by atoms with Gasteiger partial charge in [0, 0.05) is 6.42 Å². The van der Waals surface area contributed by atoms with Crippen molar-refractivity contribution in [2.75, 3.05) is 106 Å². The number of hydrogen-bond acceptors (Lipinski definition) is 14. The Hall–Kier alpha value is -2.54. The van der Waals surface area contributed by atoms with Gasteiger partial charge >= 0.3 is 11.9 Å². The van der Waals surface area contributed by atoms with Crippen molar-refractivity contribution in [3.8, 4) is 0 Å². The molecule has 1 N–H and O–H groups in total. The molecule has 1 aromatic rings. The summed E-state index contributed by atoms with van der Waals surface area (Å²) in [6.45, 7) is 6.61. The van der Waals surface area contributed by atoms with E-state index in [0.29, 0.717) is 79.3 Å². The maximum atomic E-state index is 12.0. The second-order valence-corrected chi connectivity index (χ2v) is 10.4. The Bertz CT molecular complexity index is 1010. The van der Waals surface area contributed by atoms with E-state index in [1.165, 1.54) is 12.1 Å². The Kier molecular flexibility index (Phi) is 23.1. The first kappa shape index (κ1) is 39.5. The first-order chi connectivity index (χ1) is 21.2. The van der Waals surface area contributed by atoms with Crippen LogP contribution in [0.25, 0.3) is 0 Å². The molecule has 0 heterocycles. The molecule has 0 saturated carbocycles. The summed E-state index contributed by atoms with van der Waals surface area (Å²) in [5.41, 5.74) is 0.962. The first-order valence-corrected chi connectivity index (χ1v) is 15.5. The summed E-state index contributed by atoms with van der Waals surface area (Å²) in [6, 6.07) is 6.42. The Morgan fingerprint density at radius 1 is 0.568 bits per heavy atom. The molecule has 0 saturated heterocycles. The van der Waals surface area contributed by atoms with Crippen molar-refractivity contribution in [1.82, 2.24) is 0 Å². The fourth-order valence-corrected chi connectivity index (χ4v) is 3.90. The van der Waals surface area contributed by atoms with Crippen LogP contribution in [0.4, 0.5) is 0 Å². The van der Waals surface area contributed by atoms with Crippen LogP contribution in [0.3, 0.4) is 0 Å². The summed E-state index contributed by atoms with van der Waals surface area (Å²) in [7, 11) is -3.79. The lowest BCUT2D eigenvalue weighted by Crippen LogP contribution is -2.17. The van der Waals surface area contributed by atoms with Gasteiger partial charge in [-0.15, -0.1) is 0 Å². The molecule has 0 bridgehead atoms. The van der Waals surface area contributed by atoms with Gasteiger partial charge in [0.2, 0.25) is 5.78 Å². The second-order valence-electron chi connectivity index (χ2n) is 8.82. The molecule has 0 spiro atoms. The minimum atomic E-state index is -3.79. The third-order valence-electron chi connectivity index (χ3n) is 5.29. The summed E-state index contributed by atoms with van der Waals surface area (Å²) in [4.78, 5) is 32.7. The molecule has 0 aliphatic rings. The molecule has 44 heavy (non-hydrogen) atoms. The molecular weight excluding hydrogens is 608 g/mol. The van der Waals surface area contributed by atoms with Crippen LogP contribution in [0.1, 0.15) is 18.4 Å². The van der Waals surface area contributed by atoms with Gasteiger partial charge in [-0.25, -0.2) is 4.79 Å². The lowest BCUT2D eigenvalue weighted by molar-refractivity contribution is -0.151. The van der Waals surface area contributed by atoms with Gasteiger partial charge in [0.1, 0.15) is 6.61 Å². The highest BCUT2D eigenvalue weighted by molar-refractivity contribution is 7.86. The molecule has 0 aliphatic heterocycles. The number of carbonyl (C=O) groups excluding carboxylic acids is 2. The van der Waals surface area contributed by atoms with Crippen LogP contribution in [0, 0.1) is 6.92 Å². The van der Waals surface area contributed by atoms with Crippen LogP contribution < -0.4 is 0 Å². The van der Waals surface area contributed by atoms with Gasteiger partial charge in [-0.05, 0) is 19.1 Å². The maximum Gasteiger partial charge on any atom is 0.372 e. The minimum Gasteiger partial charge on any atom is -0.476 e. The van der Waals surface area contributed by atoms with Crippen LogP contribution in [0.5, 0.6) is 0 Å². The van der Waals surface area contributed by atoms with E-state index in [4.69, 9.17) is 47.2 Å². The normalized spacial score (nSPS) is 11.5. The van der Waals surface area contributed by atoms with E-state index in [0.717, 1.165) is 5.56 Å². The van der Waals surface area contributed by atoms with Gasteiger partial charge in [-0.1, -0.05) is 17.7 Å². The third-order valence-corrected chi connectivity index (χ3v) is 6.62. The number of benzene rings is 1. The molecule has 0 unspecified atom stereocenters. The van der Waals surface area contributed by atoms with Gasteiger partial charge in [0.15, 0.2) is 0 Å². The molecule has 0 fully saturated rings. The number of ketones is 1. The summed E-state index contributed by atoms with van der Waals surface area (Å²) in [5.74, 6) is -3.26. The molecule has 1 aromatic carbocycles. The van der Waals surface area contributed by atoms with Crippen molar-refractivity contribution in [2.45, 2.75) is 24.7 Å². The van der Waals surface area contributed by atoms with Gasteiger partial charge in [0.05, 0.1) is 110 Å². The van der Waals surface area contributed by atoms with Gasteiger partial charge in [0.25, 0.3) is 10.1 Å². The van der Waals surface area contributed by atoms with E-state index in [2.05, 4.69) is 0 Å². The van der Waals surface area contributed by atoms with Crippen molar-refractivity contribution in [3.63, 3.8) is 0 Å². The Morgan fingerprint density at radius 2 is 0.932 bits per heavy atom. The van der Waals surface area contributed by atoms with Crippen molar-refractivity contribution < 1.29 is 70.0 Å². The number of hydrogen-bond donors (Lipinski definition) is 1. The lowest BCUT2D eigenvalue weighted by atomic mass is 10.2. The lowest BCUT2D eigenvalue weighted by Gasteiger charge is -2.09. The fourth-order valence-electron chi connectivity index (χ4n) is 3.01. The number of rotatable bonds is 30. The number of esters is 1. The number of ether oxygens (including phenoxy) is 8. The molecule has 0 atom stereocenters. The van der Waals surface area contributed by atoms with Gasteiger partial charge in [-0.2, -0.15) is 8.42 Å². The van der Waals surface area contributed by atoms with Crippen LogP contribution in [-0.2, 0) is 66.6 Å². The molecule has 15 nitrogen and oxygen atoms in total. The van der Waals surface area contributed by atoms with Gasteiger partial charge < -0.3 is 43.0 Å². The number of aliphatic carboxylic acids is 1. The van der Waals surface area contributed by atoms with Crippen molar-refractivity contribution in [2.24, 2.45) is 0 Å². The van der Waals surface area contributed by atoms with Crippen molar-refractivity contribution in [3.05, 3.63) is 29.8 Å². The Morgan fingerprint density at radius 3 is 1.32 bits per heavy atom. The van der Waals surface area contributed by atoms with E-state index < -0.39 is 34.3 Å². The third kappa shape index (κ3) is 22.0. The highest BCUT2D eigenvalue weighted by Gasteiger charge is 2.15. The number of carbonyl (C=O) groups is 3. The monoisotopic (exact) mass is 652 g/mol. The Labute approximate surface area is 258 Å². The highest BCUT2D eigenvalue weighted by Crippen LogP contribution is 2.12. The van der Waals surface area contributed by atoms with E-state index >= 15 is 0 Å². The number of carboxylic acid groups (broad SMARTS) is 1. The molecule has 0 aliphatic carbocycles. The summed E-state index contributed by atoms with van der Waals surface area (Å²) < 4.78 is 71.3. The number of Topliss-reactive ketones (excluding diaryl/α,β-unsaturated/α-hetero) is 1. The number of carboxylic acids is 1. The molecule has 0 radical (unpaired) electrons. The van der Waals surface area contributed by atoms with E-state index in [-0.39, 0.29) is 37.7 Å².